The summed E-state index contributed by atoms with van der Waals surface area (Å²) in [6.07, 6.45) is 1.76. The smallest absolute Gasteiger partial charge is 0.343 e. The molecular formula is C29H30N2O3. The average Bonchev–Trinajstić information content (AvgIpc) is 2.88. The first-order valence-corrected chi connectivity index (χ1v) is 12.0. The molecule has 0 N–H and O–H groups in total. The highest BCUT2D eigenvalue weighted by molar-refractivity contribution is 5.95. The molecule has 0 aromatic heterocycles. The number of likely N-dealkylation sites (tertiary alicyclic amines) is 1. The number of hydrogen-bond acceptors (Lipinski definition) is 4. The van der Waals surface area contributed by atoms with Crippen LogP contribution in [0.2, 0.25) is 0 Å². The lowest BCUT2D eigenvalue weighted by molar-refractivity contribution is 0.0112. The highest BCUT2D eigenvalue weighted by atomic mass is 16.5. The van der Waals surface area contributed by atoms with Crippen LogP contribution in [0.1, 0.15) is 57.5 Å². The van der Waals surface area contributed by atoms with Crippen LogP contribution in [0.25, 0.3) is 0 Å². The molecule has 5 heteroatoms. The van der Waals surface area contributed by atoms with E-state index in [0.29, 0.717) is 17.9 Å². The van der Waals surface area contributed by atoms with Crippen molar-refractivity contribution >= 4 is 11.9 Å². The molecule has 174 valence electrons. The molecule has 1 atom stereocenters. The van der Waals surface area contributed by atoms with E-state index in [0.717, 1.165) is 31.5 Å². The van der Waals surface area contributed by atoms with Crippen LogP contribution in [-0.4, -0.2) is 48.4 Å². The maximum Gasteiger partial charge on any atom is 0.343 e. The number of hydrogen-bond donors (Lipinski definition) is 0. The van der Waals surface area contributed by atoms with Crippen LogP contribution >= 0.6 is 0 Å². The Kier molecular flexibility index (Phi) is 5.96. The topological polar surface area (TPSA) is 49.9 Å². The van der Waals surface area contributed by atoms with Crippen molar-refractivity contribution in [3.63, 3.8) is 0 Å². The Morgan fingerprint density at radius 3 is 2.15 bits per heavy atom. The van der Waals surface area contributed by atoms with Gasteiger partial charge in [-0.3, -0.25) is 4.79 Å². The summed E-state index contributed by atoms with van der Waals surface area (Å²) in [4.78, 5) is 30.8. The van der Waals surface area contributed by atoms with Gasteiger partial charge in [0.15, 0.2) is 0 Å². The predicted molar refractivity (Wildman–Crippen MR) is 132 cm³/mol. The van der Waals surface area contributed by atoms with Gasteiger partial charge >= 0.3 is 5.97 Å². The zero-order valence-electron chi connectivity index (χ0n) is 19.7. The third-order valence-electron chi connectivity index (χ3n) is 7.33. The number of fused-ring (bicyclic) bond motifs is 2. The summed E-state index contributed by atoms with van der Waals surface area (Å²) >= 11 is 0. The SMILES string of the molecule is CC1CN(C(=O)c2ccccc2)C2(CCN(C)CC2)c2ccc(OC(=O)c3ccccc3)cc21. The second-order valence-corrected chi connectivity index (χ2v) is 9.52. The highest BCUT2D eigenvalue weighted by Gasteiger charge is 2.48. The molecule has 1 amide bonds. The van der Waals surface area contributed by atoms with Crippen molar-refractivity contribution in [3.05, 3.63) is 101 Å². The van der Waals surface area contributed by atoms with Crippen molar-refractivity contribution in [2.45, 2.75) is 31.2 Å². The Morgan fingerprint density at radius 1 is 0.882 bits per heavy atom. The van der Waals surface area contributed by atoms with Crippen LogP contribution in [0.4, 0.5) is 0 Å². The molecule has 1 saturated heterocycles. The van der Waals surface area contributed by atoms with E-state index >= 15 is 0 Å². The average molecular weight is 455 g/mol. The Morgan fingerprint density at radius 2 is 1.50 bits per heavy atom. The number of carbonyl (C=O) groups excluding carboxylic acids is 2. The van der Waals surface area contributed by atoms with Crippen molar-refractivity contribution in [3.8, 4) is 5.75 Å². The number of esters is 1. The van der Waals surface area contributed by atoms with Gasteiger partial charge in [0.25, 0.3) is 5.91 Å². The maximum absolute atomic E-state index is 13.7. The van der Waals surface area contributed by atoms with Crippen molar-refractivity contribution in [2.75, 3.05) is 26.7 Å². The van der Waals surface area contributed by atoms with Crippen LogP contribution in [0, 0.1) is 0 Å². The van der Waals surface area contributed by atoms with Gasteiger partial charge in [0, 0.05) is 25.2 Å². The Hall–Kier alpha value is -3.44. The number of ether oxygens (including phenoxy) is 1. The molecule has 0 saturated carbocycles. The van der Waals surface area contributed by atoms with E-state index in [1.807, 2.05) is 60.7 Å². The maximum atomic E-state index is 13.7. The van der Waals surface area contributed by atoms with E-state index < -0.39 is 0 Å². The van der Waals surface area contributed by atoms with Gasteiger partial charge in [-0.1, -0.05) is 49.4 Å². The van der Waals surface area contributed by atoms with Crippen LogP contribution in [0.15, 0.2) is 78.9 Å². The minimum Gasteiger partial charge on any atom is -0.423 e. The molecule has 1 unspecified atom stereocenters. The lowest BCUT2D eigenvalue weighted by Gasteiger charge is -2.53. The molecule has 1 fully saturated rings. The van der Waals surface area contributed by atoms with E-state index in [2.05, 4.69) is 29.8 Å². The molecule has 5 nitrogen and oxygen atoms in total. The van der Waals surface area contributed by atoms with E-state index in [1.54, 1.807) is 12.1 Å². The third kappa shape index (κ3) is 4.01. The van der Waals surface area contributed by atoms with E-state index in [4.69, 9.17) is 4.74 Å². The van der Waals surface area contributed by atoms with Crippen LogP contribution < -0.4 is 4.74 Å². The summed E-state index contributed by atoms with van der Waals surface area (Å²) in [5, 5.41) is 0. The minimum absolute atomic E-state index is 0.0854. The van der Waals surface area contributed by atoms with Gasteiger partial charge in [-0.15, -0.1) is 0 Å². The van der Waals surface area contributed by atoms with Gasteiger partial charge in [-0.25, -0.2) is 4.79 Å². The standard InChI is InChI=1S/C29H30N2O3/c1-21-20-31(27(32)22-9-5-3-6-10-22)29(15-17-30(2)18-16-29)26-14-13-24(19-25(21)26)34-28(33)23-11-7-4-8-12-23/h3-14,19,21H,15-18,20H2,1-2H3. The molecule has 5 rings (SSSR count). The highest BCUT2D eigenvalue weighted by Crippen LogP contribution is 2.48. The molecule has 3 aromatic carbocycles. The summed E-state index contributed by atoms with van der Waals surface area (Å²) in [7, 11) is 2.13. The first kappa shape index (κ1) is 22.4. The normalized spacial score (nSPS) is 19.5. The van der Waals surface area contributed by atoms with E-state index in [9.17, 15) is 9.59 Å². The summed E-state index contributed by atoms with van der Waals surface area (Å²) in [6.45, 7) is 4.64. The van der Waals surface area contributed by atoms with Crippen LogP contribution in [0.5, 0.6) is 5.75 Å². The molecule has 34 heavy (non-hydrogen) atoms. The van der Waals surface area contributed by atoms with Crippen molar-refractivity contribution < 1.29 is 14.3 Å². The summed E-state index contributed by atoms with van der Waals surface area (Å²) in [6, 6.07) is 24.6. The van der Waals surface area contributed by atoms with Gasteiger partial charge in [0.1, 0.15) is 5.75 Å². The number of benzene rings is 3. The lowest BCUT2D eigenvalue weighted by atomic mass is 9.71. The van der Waals surface area contributed by atoms with E-state index in [-0.39, 0.29) is 23.3 Å². The predicted octanol–water partition coefficient (Wildman–Crippen LogP) is 5.09. The molecular weight excluding hydrogens is 424 g/mol. The molecule has 0 bridgehead atoms. The monoisotopic (exact) mass is 454 g/mol. The fraction of sp³-hybridized carbons (Fsp3) is 0.310. The zero-order valence-corrected chi connectivity index (χ0v) is 19.7. The number of piperidine rings is 1. The fourth-order valence-electron chi connectivity index (χ4n) is 5.41. The van der Waals surface area contributed by atoms with Crippen LogP contribution in [0.3, 0.4) is 0 Å². The quantitative estimate of drug-likeness (QED) is 0.409. The largest absolute Gasteiger partial charge is 0.423 e. The zero-order chi connectivity index (χ0) is 23.7. The first-order chi connectivity index (χ1) is 16.5. The Balaban J connectivity index is 1.51. The molecule has 0 aliphatic carbocycles. The molecule has 2 heterocycles. The molecule has 0 radical (unpaired) electrons. The number of nitrogens with zero attached hydrogens (tertiary/aromatic N) is 2. The number of amides is 1. The third-order valence-corrected chi connectivity index (χ3v) is 7.33. The minimum atomic E-state index is -0.362. The second-order valence-electron chi connectivity index (χ2n) is 9.52. The van der Waals surface area contributed by atoms with Gasteiger partial charge in [-0.05, 0) is 73.3 Å². The molecule has 2 aliphatic rings. The Labute approximate surface area is 201 Å². The summed E-state index contributed by atoms with van der Waals surface area (Å²) in [5.41, 5.74) is 3.25. The molecule has 2 aliphatic heterocycles. The second kappa shape index (κ2) is 9.07. The van der Waals surface area contributed by atoms with Crippen molar-refractivity contribution in [1.29, 1.82) is 0 Å². The summed E-state index contributed by atoms with van der Waals surface area (Å²) < 4.78 is 5.72. The van der Waals surface area contributed by atoms with Crippen LogP contribution in [-0.2, 0) is 5.54 Å². The first-order valence-electron chi connectivity index (χ1n) is 12.0. The Bertz CT molecular complexity index is 1180. The van der Waals surface area contributed by atoms with Crippen molar-refractivity contribution in [2.24, 2.45) is 0 Å². The molecule has 3 aromatic rings. The van der Waals surface area contributed by atoms with Gasteiger partial charge in [0.2, 0.25) is 0 Å². The van der Waals surface area contributed by atoms with Gasteiger partial charge in [-0.2, -0.15) is 0 Å². The van der Waals surface area contributed by atoms with Gasteiger partial charge in [0.05, 0.1) is 11.1 Å². The van der Waals surface area contributed by atoms with Gasteiger partial charge < -0.3 is 14.5 Å². The van der Waals surface area contributed by atoms with E-state index in [1.165, 1.54) is 11.1 Å². The number of carbonyl (C=O) groups is 2. The van der Waals surface area contributed by atoms with Crippen molar-refractivity contribution in [1.82, 2.24) is 9.80 Å². The summed E-state index contributed by atoms with van der Waals surface area (Å²) in [5.74, 6) is 0.398. The lowest BCUT2D eigenvalue weighted by Crippen LogP contribution is -2.58. The number of rotatable bonds is 3. The molecule has 1 spiro atoms. The fourth-order valence-corrected chi connectivity index (χ4v) is 5.41.